The topological polar surface area (TPSA) is 142 Å². The quantitative estimate of drug-likeness (QED) is 0.187. The minimum absolute atomic E-state index is 0.0822. The number of piperazine rings is 2. The number of nitrogens with zero attached hydrogens (tertiary/aromatic N) is 7. The van der Waals surface area contributed by atoms with E-state index >= 15 is 0 Å². The smallest absolute Gasteiger partial charge is 0.341 e. The molecule has 0 aliphatic carbocycles. The Bertz CT molecular complexity index is 2290. The third-order valence-electron chi connectivity index (χ3n) is 11.3. The van der Waals surface area contributed by atoms with Crippen molar-refractivity contribution in [3.8, 4) is 0 Å². The Balaban J connectivity index is 0.000000167. The SMILES string of the molecule is CC(C)(C)NC(=O)N1CC2C[C@@H]1[C@@H]1C(=O)N(c3cccc(C(F)(F)F)c3)C(=O)N21.O=C1[C@H]2[C@H]3CC(CN3C(=S)Nc3cccnc3)N2C(=O)N1c1cccc(C(F)(F)F)c1. The van der Waals surface area contributed by atoms with Crippen LogP contribution in [0.2, 0.25) is 0 Å². The zero-order valence-corrected chi connectivity index (χ0v) is 32.9. The molecular weight excluding hydrogens is 821 g/mol. The lowest BCUT2D eigenvalue weighted by atomic mass is 10.1. The molecule has 6 fully saturated rings. The number of benzene rings is 2. The summed E-state index contributed by atoms with van der Waals surface area (Å²) in [6.45, 7) is 6.25. The number of hydrogen-bond donors (Lipinski definition) is 2. The van der Waals surface area contributed by atoms with Gasteiger partial charge in [0, 0.05) is 24.8 Å². The van der Waals surface area contributed by atoms with E-state index in [0.29, 0.717) is 36.7 Å². The van der Waals surface area contributed by atoms with Gasteiger partial charge < -0.3 is 30.2 Å². The number of anilines is 3. The van der Waals surface area contributed by atoms with Gasteiger partial charge in [-0.05, 0) is 94.4 Å². The van der Waals surface area contributed by atoms with Gasteiger partial charge in [-0.2, -0.15) is 26.3 Å². The molecule has 6 aliphatic rings. The Morgan fingerprint density at radius 2 is 1.20 bits per heavy atom. The lowest BCUT2D eigenvalue weighted by molar-refractivity contribution is -0.138. The predicted octanol–water partition coefficient (Wildman–Crippen LogP) is 5.90. The summed E-state index contributed by atoms with van der Waals surface area (Å²) in [5, 5.41) is 6.35. The van der Waals surface area contributed by atoms with Gasteiger partial charge in [-0.1, -0.05) is 12.1 Å². The number of nitrogens with one attached hydrogen (secondary N) is 2. The molecule has 0 saturated carbocycles. The molecule has 6 atom stereocenters. The highest BCUT2D eigenvalue weighted by Gasteiger charge is 2.64. The lowest BCUT2D eigenvalue weighted by Crippen LogP contribution is -2.59. The first-order chi connectivity index (χ1) is 28.1. The van der Waals surface area contributed by atoms with Crippen LogP contribution >= 0.6 is 12.2 Å². The second kappa shape index (κ2) is 14.3. The number of urea groups is 3. The van der Waals surface area contributed by atoms with E-state index < -0.39 is 71.0 Å². The van der Waals surface area contributed by atoms with Gasteiger partial charge in [0.25, 0.3) is 11.8 Å². The molecular formula is C39H37F6N9O5S. The second-order valence-electron chi connectivity index (χ2n) is 16.3. The first-order valence-electron chi connectivity index (χ1n) is 18.9. The van der Waals surface area contributed by atoms with Gasteiger partial charge in [0.15, 0.2) is 5.11 Å². The number of amides is 8. The van der Waals surface area contributed by atoms with Crippen molar-refractivity contribution in [3.63, 3.8) is 0 Å². The fourth-order valence-corrected chi connectivity index (χ4v) is 9.25. The first kappa shape index (κ1) is 40.8. The summed E-state index contributed by atoms with van der Waals surface area (Å²) in [7, 11) is 0. The molecule has 2 unspecified atom stereocenters. The molecule has 0 radical (unpaired) electrons. The van der Waals surface area contributed by atoms with E-state index in [1.807, 2.05) is 25.7 Å². The molecule has 60 heavy (non-hydrogen) atoms. The minimum Gasteiger partial charge on any atom is -0.341 e. The molecule has 9 rings (SSSR count). The van der Waals surface area contributed by atoms with Crippen molar-refractivity contribution in [2.75, 3.05) is 28.2 Å². The molecule has 6 aliphatic heterocycles. The number of hydrogen-bond acceptors (Lipinski definition) is 7. The first-order valence-corrected chi connectivity index (χ1v) is 19.3. The number of thiocarbonyl (C=S) groups is 1. The maximum absolute atomic E-state index is 13.2. The number of likely N-dealkylation sites (tertiary alicyclic amines) is 2. The molecule has 7 heterocycles. The fourth-order valence-electron chi connectivity index (χ4n) is 8.92. The Morgan fingerprint density at radius 3 is 1.65 bits per heavy atom. The van der Waals surface area contributed by atoms with Crippen LogP contribution in [-0.2, 0) is 21.9 Å². The summed E-state index contributed by atoms with van der Waals surface area (Å²) >= 11 is 5.50. The van der Waals surface area contributed by atoms with Crippen molar-refractivity contribution in [1.82, 2.24) is 29.9 Å². The molecule has 2 aromatic carbocycles. The van der Waals surface area contributed by atoms with Gasteiger partial charge in [0.2, 0.25) is 0 Å². The summed E-state index contributed by atoms with van der Waals surface area (Å²) in [5.74, 6) is -1.14. The van der Waals surface area contributed by atoms with Crippen LogP contribution < -0.4 is 20.4 Å². The van der Waals surface area contributed by atoms with Crippen molar-refractivity contribution in [2.24, 2.45) is 0 Å². The number of pyridine rings is 1. The summed E-state index contributed by atoms with van der Waals surface area (Å²) in [6.07, 6.45) is -4.85. The Morgan fingerprint density at radius 1 is 0.717 bits per heavy atom. The van der Waals surface area contributed by atoms with Crippen LogP contribution in [0.1, 0.15) is 44.7 Å². The summed E-state index contributed by atoms with van der Waals surface area (Å²) in [4.78, 5) is 76.6. The maximum atomic E-state index is 13.2. The van der Waals surface area contributed by atoms with Crippen molar-refractivity contribution < 1.29 is 50.3 Å². The Hall–Kier alpha value is -5.99. The van der Waals surface area contributed by atoms with Gasteiger partial charge in [-0.3, -0.25) is 14.6 Å². The zero-order chi connectivity index (χ0) is 43.2. The van der Waals surface area contributed by atoms with Crippen molar-refractivity contribution in [2.45, 2.75) is 87.8 Å². The van der Waals surface area contributed by atoms with Crippen molar-refractivity contribution >= 4 is 64.3 Å². The van der Waals surface area contributed by atoms with Crippen LogP contribution in [0.15, 0.2) is 73.1 Å². The van der Waals surface area contributed by atoms with Crippen LogP contribution in [0, 0.1) is 0 Å². The van der Waals surface area contributed by atoms with E-state index in [1.54, 1.807) is 29.4 Å². The number of aromatic nitrogens is 1. The fraction of sp³-hybridized carbons (Fsp3) is 0.410. The normalized spacial score (nSPS) is 25.6. The van der Waals surface area contributed by atoms with E-state index in [0.717, 1.165) is 34.1 Å². The summed E-state index contributed by atoms with van der Waals surface area (Å²) < 4.78 is 78.4. The third kappa shape index (κ3) is 7.00. The van der Waals surface area contributed by atoms with Crippen LogP contribution in [0.5, 0.6) is 0 Å². The molecule has 8 amide bonds. The van der Waals surface area contributed by atoms with Crippen LogP contribution in [0.4, 0.5) is 57.8 Å². The standard InChI is InChI=1S/C20H16F3N5O2S.C19H21F3N4O3/c21-20(22,23)11-3-1-5-13(7-11)28-17(29)16-15-8-14(27(16)19(28)30)10-26(15)18(31)25-12-4-2-6-24-9-12;1-18(2,3)23-16(28)24-9-12-8-13(24)14-15(27)26(17(29)25(12)14)11-6-4-5-10(7-11)19(20,21)22/h1-7,9,14-16H,8,10H2,(H,25,31);4-7,12-14H,8-9H2,1-3H3,(H,23,28)/t14?,15-,16-;12?,13-,14-/m11/s1. The molecule has 6 saturated heterocycles. The summed E-state index contributed by atoms with van der Waals surface area (Å²) in [6, 6.07) is 7.37. The van der Waals surface area contributed by atoms with Gasteiger partial charge in [0.05, 0.1) is 58.6 Å². The van der Waals surface area contributed by atoms with Crippen LogP contribution in [0.3, 0.4) is 0 Å². The molecule has 4 bridgehead atoms. The number of halogens is 6. The van der Waals surface area contributed by atoms with Crippen molar-refractivity contribution in [1.29, 1.82) is 0 Å². The highest BCUT2D eigenvalue weighted by atomic mass is 32.1. The monoisotopic (exact) mass is 857 g/mol. The molecule has 0 spiro atoms. The van der Waals surface area contributed by atoms with E-state index in [-0.39, 0.29) is 35.5 Å². The second-order valence-corrected chi connectivity index (χ2v) is 16.7. The Kier molecular flexibility index (Phi) is 9.74. The molecule has 3 aromatic rings. The number of rotatable bonds is 3. The molecule has 21 heteroatoms. The van der Waals surface area contributed by atoms with Gasteiger partial charge >= 0.3 is 30.4 Å². The van der Waals surface area contributed by atoms with Crippen LogP contribution in [-0.4, -0.2) is 114 Å². The number of alkyl halides is 6. The molecule has 316 valence electrons. The lowest BCUT2D eigenvalue weighted by Gasteiger charge is -2.36. The third-order valence-corrected chi connectivity index (χ3v) is 11.6. The number of imide groups is 2. The van der Waals surface area contributed by atoms with E-state index in [9.17, 15) is 50.3 Å². The Labute approximate surface area is 344 Å². The number of carbonyl (C=O) groups excluding carboxylic acids is 5. The van der Waals surface area contributed by atoms with E-state index in [4.69, 9.17) is 12.2 Å². The van der Waals surface area contributed by atoms with Gasteiger partial charge in [-0.25, -0.2) is 24.2 Å². The highest BCUT2D eigenvalue weighted by molar-refractivity contribution is 7.80. The molecule has 1 aromatic heterocycles. The average molecular weight is 858 g/mol. The van der Waals surface area contributed by atoms with Gasteiger partial charge in [0.1, 0.15) is 12.1 Å². The molecule has 2 N–H and O–H groups in total. The van der Waals surface area contributed by atoms with Gasteiger partial charge in [-0.15, -0.1) is 0 Å². The highest BCUT2D eigenvalue weighted by Crippen LogP contribution is 2.45. The summed E-state index contributed by atoms with van der Waals surface area (Å²) in [5.41, 5.74) is -1.80. The van der Waals surface area contributed by atoms with Crippen LogP contribution in [0.25, 0.3) is 0 Å². The van der Waals surface area contributed by atoms with E-state index in [1.165, 1.54) is 34.1 Å². The number of carbonyl (C=O) groups is 5. The zero-order valence-electron chi connectivity index (χ0n) is 32.1. The predicted molar refractivity (Wildman–Crippen MR) is 206 cm³/mol. The average Bonchev–Trinajstić information content (AvgIpc) is 4.02. The number of fused-ring (bicyclic) bond motifs is 10. The molecule has 14 nitrogen and oxygen atoms in total. The largest absolute Gasteiger partial charge is 0.416 e. The van der Waals surface area contributed by atoms with Crippen molar-refractivity contribution in [3.05, 3.63) is 84.2 Å². The maximum Gasteiger partial charge on any atom is 0.416 e. The van der Waals surface area contributed by atoms with E-state index in [2.05, 4.69) is 15.6 Å². The minimum atomic E-state index is -4.58.